The number of non-ortho nitro benzene ring substituents is 1. The predicted octanol–water partition coefficient (Wildman–Crippen LogP) is 4.75. The van der Waals surface area contributed by atoms with Crippen molar-refractivity contribution in [1.29, 1.82) is 0 Å². The Balaban J connectivity index is 1.82. The van der Waals surface area contributed by atoms with E-state index in [-0.39, 0.29) is 17.3 Å². The number of nitro groups is 1. The maximum atomic E-state index is 13.3. The Morgan fingerprint density at radius 1 is 1.00 bits per heavy atom. The molecule has 0 atom stereocenters. The summed E-state index contributed by atoms with van der Waals surface area (Å²) < 4.78 is 5.48. The van der Waals surface area contributed by atoms with Crippen molar-refractivity contribution in [1.82, 2.24) is 0 Å². The van der Waals surface area contributed by atoms with Crippen LogP contribution in [0.1, 0.15) is 16.7 Å². The highest BCUT2D eigenvalue weighted by Gasteiger charge is 2.33. The molecule has 0 aliphatic carbocycles. The van der Waals surface area contributed by atoms with Gasteiger partial charge in [-0.1, -0.05) is 29.8 Å². The molecule has 0 unspecified atom stereocenters. The van der Waals surface area contributed by atoms with Crippen LogP contribution in [0.25, 0.3) is 6.08 Å². The van der Waals surface area contributed by atoms with Gasteiger partial charge in [-0.05, 0) is 55.0 Å². The lowest BCUT2D eigenvalue weighted by Crippen LogP contribution is -2.32. The lowest BCUT2D eigenvalue weighted by molar-refractivity contribution is -0.384. The lowest BCUT2D eigenvalue weighted by atomic mass is 10.1. The van der Waals surface area contributed by atoms with E-state index in [4.69, 9.17) is 4.74 Å². The van der Waals surface area contributed by atoms with Crippen molar-refractivity contribution < 1.29 is 14.5 Å². The number of anilines is 1. The van der Waals surface area contributed by atoms with E-state index in [0.717, 1.165) is 5.56 Å². The minimum atomic E-state index is -0.464. The van der Waals surface area contributed by atoms with Crippen LogP contribution >= 0.6 is 0 Å². The molecule has 1 amide bonds. The Morgan fingerprint density at radius 2 is 1.68 bits per heavy atom. The van der Waals surface area contributed by atoms with E-state index in [0.29, 0.717) is 28.4 Å². The first-order chi connectivity index (χ1) is 15.0. The number of amides is 1. The third-order valence-corrected chi connectivity index (χ3v) is 4.91. The fourth-order valence-corrected chi connectivity index (χ4v) is 3.31. The van der Waals surface area contributed by atoms with Gasteiger partial charge < -0.3 is 4.74 Å². The fraction of sp³-hybridized carbons (Fsp3) is 0.0833. The van der Waals surface area contributed by atoms with Gasteiger partial charge in [-0.15, -0.1) is 0 Å². The number of aliphatic imine (C=N–C) groups is 1. The summed E-state index contributed by atoms with van der Waals surface area (Å²) in [5, 5.41) is 10.9. The first-order valence-electron chi connectivity index (χ1n) is 9.57. The zero-order chi connectivity index (χ0) is 22.0. The number of nitrogens with zero attached hydrogens (tertiary/aromatic N) is 3. The molecule has 0 fully saturated rings. The number of nitro benzene ring substituents is 1. The average Bonchev–Trinajstić information content (AvgIpc) is 3.10. The molecule has 0 saturated heterocycles. The van der Waals surface area contributed by atoms with Gasteiger partial charge in [-0.25, -0.2) is 4.99 Å². The highest BCUT2D eigenvalue weighted by molar-refractivity contribution is 6.33. The molecule has 7 heteroatoms. The summed E-state index contributed by atoms with van der Waals surface area (Å²) in [7, 11) is 1.57. The largest absolute Gasteiger partial charge is 0.496 e. The quantitative estimate of drug-likeness (QED) is 0.343. The molecule has 0 saturated carbocycles. The van der Waals surface area contributed by atoms with Crippen molar-refractivity contribution in [2.45, 2.75) is 6.92 Å². The summed E-state index contributed by atoms with van der Waals surface area (Å²) in [5.74, 6) is 0.769. The molecule has 1 heterocycles. The highest BCUT2D eigenvalue weighted by Crippen LogP contribution is 2.31. The number of hydrogen-bond donors (Lipinski definition) is 0. The second-order valence-corrected chi connectivity index (χ2v) is 6.99. The van der Waals surface area contributed by atoms with Gasteiger partial charge in [0.2, 0.25) is 0 Å². The Bertz CT molecular complexity index is 1210. The summed E-state index contributed by atoms with van der Waals surface area (Å²) in [5.41, 5.74) is 3.31. The summed E-state index contributed by atoms with van der Waals surface area (Å²) in [6, 6.07) is 20.9. The molecule has 3 aromatic carbocycles. The molecule has 154 valence electrons. The van der Waals surface area contributed by atoms with Gasteiger partial charge in [0, 0.05) is 12.1 Å². The zero-order valence-electron chi connectivity index (χ0n) is 17.0. The van der Waals surface area contributed by atoms with Gasteiger partial charge in [-0.2, -0.15) is 0 Å². The van der Waals surface area contributed by atoms with Gasteiger partial charge in [-0.3, -0.25) is 19.8 Å². The first-order valence-corrected chi connectivity index (χ1v) is 9.57. The number of hydrogen-bond acceptors (Lipinski definition) is 5. The number of carbonyl (C=O) groups is 1. The normalized spacial score (nSPS) is 14.6. The van der Waals surface area contributed by atoms with Crippen molar-refractivity contribution in [3.63, 3.8) is 0 Å². The van der Waals surface area contributed by atoms with Gasteiger partial charge in [0.1, 0.15) is 11.4 Å². The number of amidine groups is 1. The molecular formula is C24H19N3O4. The van der Waals surface area contributed by atoms with Gasteiger partial charge >= 0.3 is 0 Å². The summed E-state index contributed by atoms with van der Waals surface area (Å²) in [4.78, 5) is 29.9. The second kappa shape index (κ2) is 8.23. The van der Waals surface area contributed by atoms with Gasteiger partial charge in [0.15, 0.2) is 5.84 Å². The van der Waals surface area contributed by atoms with E-state index in [9.17, 15) is 14.9 Å². The molecule has 0 aromatic heterocycles. The van der Waals surface area contributed by atoms with Crippen LogP contribution in [-0.2, 0) is 4.79 Å². The van der Waals surface area contributed by atoms with Crippen LogP contribution in [-0.4, -0.2) is 23.8 Å². The molecule has 3 aromatic rings. The van der Waals surface area contributed by atoms with Gasteiger partial charge in [0.05, 0.1) is 23.3 Å². The van der Waals surface area contributed by atoms with Crippen molar-refractivity contribution in [3.05, 3.63) is 105 Å². The van der Waals surface area contributed by atoms with Crippen LogP contribution in [0.5, 0.6) is 5.75 Å². The third-order valence-electron chi connectivity index (χ3n) is 4.91. The summed E-state index contributed by atoms with van der Waals surface area (Å²) >= 11 is 0. The first kappa shape index (κ1) is 20.0. The molecule has 4 rings (SSSR count). The zero-order valence-corrected chi connectivity index (χ0v) is 17.0. The minimum Gasteiger partial charge on any atom is -0.496 e. The molecule has 1 aliphatic heterocycles. The summed E-state index contributed by atoms with van der Waals surface area (Å²) in [6.45, 7) is 1.98. The number of para-hydroxylation sites is 1. The smallest absolute Gasteiger partial charge is 0.282 e. The van der Waals surface area contributed by atoms with E-state index in [1.165, 1.54) is 12.1 Å². The molecule has 31 heavy (non-hydrogen) atoms. The van der Waals surface area contributed by atoms with Crippen molar-refractivity contribution in [3.8, 4) is 5.75 Å². The van der Waals surface area contributed by atoms with Crippen molar-refractivity contribution >= 4 is 29.2 Å². The van der Waals surface area contributed by atoms with Crippen LogP contribution < -0.4 is 9.64 Å². The van der Waals surface area contributed by atoms with E-state index >= 15 is 0 Å². The van der Waals surface area contributed by atoms with Crippen molar-refractivity contribution in [2.24, 2.45) is 4.99 Å². The van der Waals surface area contributed by atoms with Crippen LogP contribution in [0.4, 0.5) is 11.4 Å². The topological polar surface area (TPSA) is 85.0 Å². The third kappa shape index (κ3) is 3.93. The standard InChI is InChI=1S/C24H19N3O4/c1-16-7-11-18(12-8-16)26-23(20-5-3-4-6-22(20)31-2)25-21(24(26)28)15-17-9-13-19(14-10-17)27(29)30/h3-15H,1-2H3/b21-15+. The lowest BCUT2D eigenvalue weighted by Gasteiger charge is -2.20. The maximum absolute atomic E-state index is 13.3. The number of carbonyl (C=O) groups excluding carboxylic acids is 1. The minimum absolute atomic E-state index is 0.0145. The maximum Gasteiger partial charge on any atom is 0.282 e. The Morgan fingerprint density at radius 3 is 2.32 bits per heavy atom. The molecule has 1 aliphatic rings. The van der Waals surface area contributed by atoms with Crippen LogP contribution in [0.15, 0.2) is 83.5 Å². The molecule has 0 N–H and O–H groups in total. The molecule has 0 bridgehead atoms. The molecule has 0 radical (unpaired) electrons. The van der Waals surface area contributed by atoms with Crippen LogP contribution in [0.2, 0.25) is 0 Å². The van der Waals surface area contributed by atoms with E-state index < -0.39 is 4.92 Å². The number of aryl methyl sites for hydroxylation is 1. The predicted molar refractivity (Wildman–Crippen MR) is 119 cm³/mol. The number of ether oxygens (including phenoxy) is 1. The van der Waals surface area contributed by atoms with Crippen LogP contribution in [0.3, 0.4) is 0 Å². The van der Waals surface area contributed by atoms with E-state index in [2.05, 4.69) is 4.99 Å². The second-order valence-electron chi connectivity index (χ2n) is 6.99. The Kier molecular flexibility index (Phi) is 5.32. The fourth-order valence-electron chi connectivity index (χ4n) is 3.31. The van der Waals surface area contributed by atoms with E-state index in [1.54, 1.807) is 30.2 Å². The Labute approximate surface area is 179 Å². The summed E-state index contributed by atoms with van der Waals surface area (Å²) in [6.07, 6.45) is 1.62. The van der Waals surface area contributed by atoms with Crippen LogP contribution in [0, 0.1) is 17.0 Å². The van der Waals surface area contributed by atoms with Crippen molar-refractivity contribution in [2.75, 3.05) is 12.0 Å². The Hall–Kier alpha value is -4.26. The monoisotopic (exact) mass is 413 g/mol. The number of rotatable bonds is 5. The van der Waals surface area contributed by atoms with E-state index in [1.807, 2.05) is 55.5 Å². The number of methoxy groups -OCH3 is 1. The number of benzene rings is 3. The molecule has 7 nitrogen and oxygen atoms in total. The molecule has 0 spiro atoms. The highest BCUT2D eigenvalue weighted by atomic mass is 16.6. The molecular weight excluding hydrogens is 394 g/mol. The van der Waals surface area contributed by atoms with Gasteiger partial charge in [0.25, 0.3) is 11.6 Å². The SMILES string of the molecule is COc1ccccc1C1=N/C(=C/c2ccc([N+](=O)[O-])cc2)C(=O)N1c1ccc(C)cc1. The average molecular weight is 413 g/mol.